The molecule has 170 valence electrons. The van der Waals surface area contributed by atoms with Gasteiger partial charge < -0.3 is 5.32 Å². The number of alkyl halides is 6. The van der Waals surface area contributed by atoms with Gasteiger partial charge in [-0.05, 0) is 53.9 Å². The van der Waals surface area contributed by atoms with Crippen LogP contribution in [-0.2, 0) is 12.4 Å². The van der Waals surface area contributed by atoms with E-state index < -0.39 is 35.2 Å². The van der Waals surface area contributed by atoms with Crippen LogP contribution in [0.1, 0.15) is 21.6 Å². The fraction of sp³-hybridized carbons (Fsp3) is 0.0909. The van der Waals surface area contributed by atoms with Gasteiger partial charge >= 0.3 is 12.4 Å². The minimum atomic E-state index is -4.65. The van der Waals surface area contributed by atoms with Gasteiger partial charge in [-0.1, -0.05) is 18.2 Å². The number of thiophene rings is 1. The summed E-state index contributed by atoms with van der Waals surface area (Å²) < 4.78 is 80.2. The smallest absolute Gasteiger partial charge is 0.321 e. The molecule has 0 bridgehead atoms. The quantitative estimate of drug-likeness (QED) is 0.323. The first kappa shape index (κ1) is 22.6. The van der Waals surface area contributed by atoms with Crippen LogP contribution in [0.5, 0.6) is 0 Å². The predicted octanol–water partition coefficient (Wildman–Crippen LogP) is 6.89. The third-order valence-electron chi connectivity index (χ3n) is 4.63. The van der Waals surface area contributed by atoms with Crippen molar-refractivity contribution >= 4 is 22.9 Å². The van der Waals surface area contributed by atoms with Crippen LogP contribution in [0.3, 0.4) is 0 Å². The number of rotatable bonds is 4. The van der Waals surface area contributed by atoms with Crippen molar-refractivity contribution in [3.63, 3.8) is 0 Å². The zero-order valence-corrected chi connectivity index (χ0v) is 17.2. The predicted molar refractivity (Wildman–Crippen MR) is 111 cm³/mol. The van der Waals surface area contributed by atoms with Crippen LogP contribution in [-0.4, -0.2) is 15.7 Å². The molecule has 0 spiro atoms. The van der Waals surface area contributed by atoms with E-state index in [9.17, 15) is 31.1 Å². The average Bonchev–Trinajstić information content (AvgIpc) is 3.43. The average molecular weight is 481 g/mol. The lowest BCUT2D eigenvalue weighted by Gasteiger charge is -2.13. The number of amides is 1. The number of carbonyl (C=O) groups is 1. The normalized spacial score (nSPS) is 12.1. The third kappa shape index (κ3) is 4.77. The van der Waals surface area contributed by atoms with Crippen LogP contribution in [0.15, 0.2) is 72.1 Å². The SMILES string of the molecule is O=C(Nc1ccccc1C(F)(F)F)c1ccc(-n2nc(C(F)(F)F)cc2-c2cccs2)cc1. The number of benzene rings is 2. The van der Waals surface area contributed by atoms with Crippen LogP contribution in [0.25, 0.3) is 16.3 Å². The molecule has 0 aliphatic carbocycles. The summed E-state index contributed by atoms with van der Waals surface area (Å²) >= 11 is 1.24. The summed E-state index contributed by atoms with van der Waals surface area (Å²) in [6, 6.07) is 14.2. The summed E-state index contributed by atoms with van der Waals surface area (Å²) in [6.07, 6.45) is -9.30. The molecule has 4 aromatic rings. The number of nitrogens with zero attached hydrogens (tertiary/aromatic N) is 2. The molecule has 0 saturated heterocycles. The standard InChI is InChI=1S/C22H13F6N3OS/c23-21(24,25)15-4-1-2-5-16(15)29-20(32)13-7-9-14(10-8-13)31-17(18-6-3-11-33-18)12-19(30-31)22(26,27)28/h1-12H,(H,29,32). The Morgan fingerprint density at radius 1 is 0.879 bits per heavy atom. The number of aromatic nitrogens is 2. The summed E-state index contributed by atoms with van der Waals surface area (Å²) in [4.78, 5) is 13.0. The topological polar surface area (TPSA) is 46.9 Å². The van der Waals surface area contributed by atoms with Gasteiger partial charge in [-0.15, -0.1) is 11.3 Å². The van der Waals surface area contributed by atoms with E-state index in [4.69, 9.17) is 0 Å². The Balaban J connectivity index is 1.64. The highest BCUT2D eigenvalue weighted by Gasteiger charge is 2.36. The Morgan fingerprint density at radius 2 is 1.58 bits per heavy atom. The van der Waals surface area contributed by atoms with Crippen molar-refractivity contribution in [1.29, 1.82) is 0 Å². The lowest BCUT2D eigenvalue weighted by molar-refractivity contribution is -0.141. The van der Waals surface area contributed by atoms with Crippen LogP contribution in [0.2, 0.25) is 0 Å². The maximum atomic E-state index is 13.2. The van der Waals surface area contributed by atoms with Gasteiger partial charge in [-0.25, -0.2) is 4.68 Å². The molecular weight excluding hydrogens is 468 g/mol. The van der Waals surface area contributed by atoms with E-state index in [0.717, 1.165) is 22.9 Å². The molecule has 0 unspecified atom stereocenters. The molecule has 0 aliphatic heterocycles. The van der Waals surface area contributed by atoms with Crippen molar-refractivity contribution in [3.05, 3.63) is 88.9 Å². The van der Waals surface area contributed by atoms with E-state index in [-0.39, 0.29) is 16.9 Å². The van der Waals surface area contributed by atoms with E-state index >= 15 is 0 Å². The van der Waals surface area contributed by atoms with Crippen molar-refractivity contribution in [2.45, 2.75) is 12.4 Å². The van der Waals surface area contributed by atoms with Gasteiger partial charge in [0.25, 0.3) is 5.91 Å². The Morgan fingerprint density at radius 3 is 2.18 bits per heavy atom. The number of hydrogen-bond donors (Lipinski definition) is 1. The molecule has 4 nitrogen and oxygen atoms in total. The highest BCUT2D eigenvalue weighted by Crippen LogP contribution is 2.36. The molecule has 1 N–H and O–H groups in total. The molecule has 33 heavy (non-hydrogen) atoms. The molecule has 0 saturated carbocycles. The summed E-state index contributed by atoms with van der Waals surface area (Å²) in [7, 11) is 0. The second-order valence-corrected chi connectivity index (χ2v) is 7.79. The van der Waals surface area contributed by atoms with Crippen molar-refractivity contribution < 1.29 is 31.1 Å². The summed E-state index contributed by atoms with van der Waals surface area (Å²) in [5.74, 6) is -0.798. The van der Waals surface area contributed by atoms with Crippen LogP contribution in [0.4, 0.5) is 32.0 Å². The number of halogens is 6. The molecule has 0 fully saturated rings. The molecule has 2 heterocycles. The molecule has 2 aromatic carbocycles. The molecule has 0 aliphatic rings. The fourth-order valence-electron chi connectivity index (χ4n) is 3.10. The number of hydrogen-bond acceptors (Lipinski definition) is 3. The van der Waals surface area contributed by atoms with Gasteiger partial charge in [0.15, 0.2) is 5.69 Å². The summed E-state index contributed by atoms with van der Waals surface area (Å²) in [6.45, 7) is 0. The Bertz CT molecular complexity index is 1270. The van der Waals surface area contributed by atoms with Gasteiger partial charge in [-0.2, -0.15) is 31.4 Å². The van der Waals surface area contributed by atoms with Crippen LogP contribution >= 0.6 is 11.3 Å². The van der Waals surface area contributed by atoms with Gasteiger partial charge in [-0.3, -0.25) is 4.79 Å². The van der Waals surface area contributed by atoms with Crippen LogP contribution in [0, 0.1) is 0 Å². The van der Waals surface area contributed by atoms with Gasteiger partial charge in [0.1, 0.15) is 0 Å². The lowest BCUT2D eigenvalue weighted by atomic mass is 10.1. The second kappa shape index (κ2) is 8.39. The first-order chi connectivity index (χ1) is 15.5. The van der Waals surface area contributed by atoms with E-state index in [1.54, 1.807) is 17.5 Å². The maximum Gasteiger partial charge on any atom is 0.435 e. The number of carbonyl (C=O) groups excluding carboxylic acids is 1. The molecule has 0 atom stereocenters. The van der Waals surface area contributed by atoms with Crippen molar-refractivity contribution in [2.75, 3.05) is 5.32 Å². The second-order valence-electron chi connectivity index (χ2n) is 6.85. The van der Waals surface area contributed by atoms with Crippen molar-refractivity contribution in [1.82, 2.24) is 9.78 Å². The minimum Gasteiger partial charge on any atom is -0.321 e. The molecule has 11 heteroatoms. The number of nitrogens with one attached hydrogen (secondary N) is 1. The summed E-state index contributed by atoms with van der Waals surface area (Å²) in [5, 5.41) is 7.60. The minimum absolute atomic E-state index is 0.0246. The number of para-hydroxylation sites is 1. The zero-order chi connectivity index (χ0) is 23.8. The molecular formula is C22H13F6N3OS. The Hall–Kier alpha value is -3.60. The van der Waals surface area contributed by atoms with Gasteiger partial charge in [0.05, 0.1) is 27.5 Å². The molecule has 0 radical (unpaired) electrons. The lowest BCUT2D eigenvalue weighted by Crippen LogP contribution is -2.16. The van der Waals surface area contributed by atoms with Gasteiger partial charge in [0, 0.05) is 5.56 Å². The van der Waals surface area contributed by atoms with E-state index in [0.29, 0.717) is 4.88 Å². The third-order valence-corrected chi connectivity index (χ3v) is 5.52. The van der Waals surface area contributed by atoms with Crippen LogP contribution < -0.4 is 5.32 Å². The zero-order valence-electron chi connectivity index (χ0n) is 16.4. The van der Waals surface area contributed by atoms with Crippen molar-refractivity contribution in [3.8, 4) is 16.3 Å². The summed E-state index contributed by atoms with van der Waals surface area (Å²) in [5.41, 5.74) is -1.98. The first-order valence-electron chi connectivity index (χ1n) is 9.33. The highest BCUT2D eigenvalue weighted by molar-refractivity contribution is 7.13. The maximum absolute atomic E-state index is 13.2. The monoisotopic (exact) mass is 481 g/mol. The molecule has 1 amide bonds. The Labute approximate surface area is 187 Å². The number of anilines is 1. The first-order valence-corrected chi connectivity index (χ1v) is 10.2. The Kier molecular flexibility index (Phi) is 5.75. The fourth-order valence-corrected chi connectivity index (χ4v) is 3.83. The van der Waals surface area contributed by atoms with E-state index in [1.165, 1.54) is 47.7 Å². The van der Waals surface area contributed by atoms with Crippen molar-refractivity contribution in [2.24, 2.45) is 0 Å². The van der Waals surface area contributed by atoms with Gasteiger partial charge in [0.2, 0.25) is 0 Å². The highest BCUT2D eigenvalue weighted by atomic mass is 32.1. The molecule has 4 rings (SSSR count). The van der Waals surface area contributed by atoms with E-state index in [1.807, 2.05) is 0 Å². The largest absolute Gasteiger partial charge is 0.435 e. The van der Waals surface area contributed by atoms with E-state index in [2.05, 4.69) is 10.4 Å². The molecule has 2 aromatic heterocycles.